The van der Waals surface area contributed by atoms with Crippen molar-refractivity contribution in [3.8, 4) is 11.5 Å². The number of halogens is 3. The number of aromatic nitrogens is 4. The van der Waals surface area contributed by atoms with E-state index in [9.17, 15) is 13.2 Å². The summed E-state index contributed by atoms with van der Waals surface area (Å²) in [5, 5.41) is 0. The third-order valence-corrected chi connectivity index (χ3v) is 5.60. The number of nitrogens with zero attached hydrogens (tertiary/aromatic N) is 5. The number of anilines is 2. The third kappa shape index (κ3) is 4.18. The molecule has 2 N–H and O–H groups in total. The molecule has 4 rings (SSSR count). The molecule has 6 nitrogen and oxygen atoms in total. The predicted molar refractivity (Wildman–Crippen MR) is 99.4 cm³/mol. The van der Waals surface area contributed by atoms with Gasteiger partial charge in [0.25, 0.3) is 0 Å². The zero-order valence-corrected chi connectivity index (χ0v) is 15.5. The van der Waals surface area contributed by atoms with Crippen molar-refractivity contribution in [1.29, 1.82) is 0 Å². The maximum absolute atomic E-state index is 13.0. The fraction of sp³-hybridized carbons (Fsp3) is 0.579. The number of hydrogen-bond acceptors (Lipinski definition) is 6. The van der Waals surface area contributed by atoms with E-state index < -0.39 is 11.9 Å². The van der Waals surface area contributed by atoms with Crippen LogP contribution in [0.5, 0.6) is 0 Å². The molecule has 0 saturated heterocycles. The molecule has 9 heteroatoms. The monoisotopic (exact) mass is 392 g/mol. The molecule has 2 aromatic heterocycles. The topological polar surface area (TPSA) is 80.8 Å². The van der Waals surface area contributed by atoms with Crippen LogP contribution in [0.25, 0.3) is 11.5 Å². The van der Waals surface area contributed by atoms with Gasteiger partial charge in [-0.15, -0.1) is 0 Å². The van der Waals surface area contributed by atoms with E-state index in [0.29, 0.717) is 17.8 Å². The molecule has 0 bridgehead atoms. The Bertz CT molecular complexity index is 817. The summed E-state index contributed by atoms with van der Waals surface area (Å²) in [5.41, 5.74) is 4.93. The van der Waals surface area contributed by atoms with Crippen molar-refractivity contribution in [2.45, 2.75) is 44.7 Å². The highest BCUT2D eigenvalue weighted by atomic mass is 19.4. The van der Waals surface area contributed by atoms with E-state index in [-0.39, 0.29) is 17.5 Å². The molecular weight excluding hydrogens is 369 g/mol. The molecule has 2 aliphatic rings. The number of nitrogens with two attached hydrogens (primary N) is 1. The van der Waals surface area contributed by atoms with Gasteiger partial charge in [-0.2, -0.15) is 28.1 Å². The van der Waals surface area contributed by atoms with E-state index in [2.05, 4.69) is 24.8 Å². The van der Waals surface area contributed by atoms with Gasteiger partial charge in [0.1, 0.15) is 11.4 Å². The summed E-state index contributed by atoms with van der Waals surface area (Å²) in [6.45, 7) is 1.69. The second kappa shape index (κ2) is 7.52. The summed E-state index contributed by atoms with van der Waals surface area (Å²) in [4.78, 5) is 18.6. The Labute approximate surface area is 161 Å². The molecule has 2 aliphatic carbocycles. The Kier molecular flexibility index (Phi) is 5.07. The van der Waals surface area contributed by atoms with Crippen LogP contribution in [0.1, 0.15) is 44.2 Å². The van der Waals surface area contributed by atoms with Gasteiger partial charge in [0.15, 0.2) is 5.82 Å². The van der Waals surface area contributed by atoms with Crippen molar-refractivity contribution in [3.05, 3.63) is 23.9 Å². The van der Waals surface area contributed by atoms with Crippen molar-refractivity contribution >= 4 is 11.9 Å². The van der Waals surface area contributed by atoms with Crippen LogP contribution < -0.4 is 10.6 Å². The SMILES string of the molecule is Nc1nc(-c2cccc(C(F)(F)F)n2)nc(N(CC2CCC2)CC2CCC2)n1. The van der Waals surface area contributed by atoms with E-state index in [0.717, 1.165) is 19.2 Å². The fourth-order valence-corrected chi connectivity index (χ4v) is 3.57. The molecule has 0 spiro atoms. The third-order valence-electron chi connectivity index (χ3n) is 5.60. The summed E-state index contributed by atoms with van der Waals surface area (Å²) < 4.78 is 39.0. The van der Waals surface area contributed by atoms with Crippen molar-refractivity contribution < 1.29 is 13.2 Å². The summed E-state index contributed by atoms with van der Waals surface area (Å²) in [5.74, 6) is 1.70. The molecular formula is C19H23F3N6. The lowest BCUT2D eigenvalue weighted by atomic mass is 9.83. The minimum absolute atomic E-state index is 0.00793. The van der Waals surface area contributed by atoms with Gasteiger partial charge in [0.2, 0.25) is 11.9 Å². The largest absolute Gasteiger partial charge is 0.433 e. The number of pyridine rings is 1. The standard InChI is InChI=1S/C19H23F3N6/c20-19(21,22)15-9-3-8-14(24-15)16-25-17(23)27-18(26-16)28(10-12-4-1-5-12)11-13-6-2-7-13/h3,8-9,12-13H,1-2,4-7,10-11H2,(H2,23,25,26,27). The van der Waals surface area contributed by atoms with Gasteiger partial charge in [0.05, 0.1) is 0 Å². The highest BCUT2D eigenvalue weighted by Gasteiger charge is 2.33. The Morgan fingerprint density at radius 3 is 2.11 bits per heavy atom. The molecule has 28 heavy (non-hydrogen) atoms. The first-order valence-electron chi connectivity index (χ1n) is 9.69. The zero-order chi connectivity index (χ0) is 19.7. The minimum Gasteiger partial charge on any atom is -0.368 e. The molecule has 2 heterocycles. The van der Waals surface area contributed by atoms with Gasteiger partial charge in [-0.05, 0) is 49.7 Å². The first-order valence-corrected chi connectivity index (χ1v) is 9.69. The van der Waals surface area contributed by atoms with Crippen molar-refractivity contribution in [2.24, 2.45) is 11.8 Å². The average Bonchev–Trinajstić information content (AvgIpc) is 2.57. The summed E-state index contributed by atoms with van der Waals surface area (Å²) >= 11 is 0. The number of alkyl halides is 3. The summed E-state index contributed by atoms with van der Waals surface area (Å²) in [6, 6.07) is 3.68. The first kappa shape index (κ1) is 18.9. The van der Waals surface area contributed by atoms with Crippen LogP contribution in [0.15, 0.2) is 18.2 Å². The van der Waals surface area contributed by atoms with E-state index in [1.54, 1.807) is 0 Å². The highest BCUT2D eigenvalue weighted by Crippen LogP contribution is 2.33. The molecule has 2 saturated carbocycles. The van der Waals surface area contributed by atoms with E-state index in [1.807, 2.05) is 0 Å². The Morgan fingerprint density at radius 1 is 0.929 bits per heavy atom. The number of hydrogen-bond donors (Lipinski definition) is 1. The molecule has 0 aliphatic heterocycles. The number of nitrogen functional groups attached to an aromatic ring is 1. The van der Waals surface area contributed by atoms with Gasteiger partial charge >= 0.3 is 6.18 Å². The molecule has 0 aromatic carbocycles. The molecule has 150 valence electrons. The van der Waals surface area contributed by atoms with Crippen LogP contribution in [0.4, 0.5) is 25.1 Å². The van der Waals surface area contributed by atoms with Crippen LogP contribution in [0.2, 0.25) is 0 Å². The lowest BCUT2D eigenvalue weighted by Crippen LogP contribution is -2.39. The van der Waals surface area contributed by atoms with E-state index in [4.69, 9.17) is 5.73 Å². The Hall–Kier alpha value is -2.45. The number of rotatable bonds is 6. The maximum Gasteiger partial charge on any atom is 0.433 e. The van der Waals surface area contributed by atoms with Crippen molar-refractivity contribution in [3.63, 3.8) is 0 Å². The van der Waals surface area contributed by atoms with Gasteiger partial charge < -0.3 is 10.6 Å². The molecule has 0 radical (unpaired) electrons. The van der Waals surface area contributed by atoms with Crippen LogP contribution in [-0.2, 0) is 6.18 Å². The summed E-state index contributed by atoms with van der Waals surface area (Å²) in [6.07, 6.45) is 2.68. The lowest BCUT2D eigenvalue weighted by molar-refractivity contribution is -0.141. The molecule has 0 atom stereocenters. The van der Waals surface area contributed by atoms with Gasteiger partial charge in [-0.1, -0.05) is 18.9 Å². The highest BCUT2D eigenvalue weighted by molar-refractivity contribution is 5.53. The van der Waals surface area contributed by atoms with E-state index >= 15 is 0 Å². The minimum atomic E-state index is -4.53. The normalized spacial score (nSPS) is 17.8. The van der Waals surface area contributed by atoms with Crippen LogP contribution in [0.3, 0.4) is 0 Å². The van der Waals surface area contributed by atoms with Crippen LogP contribution >= 0.6 is 0 Å². The van der Waals surface area contributed by atoms with Crippen LogP contribution in [0, 0.1) is 11.8 Å². The average molecular weight is 392 g/mol. The van der Waals surface area contributed by atoms with Gasteiger partial charge in [0, 0.05) is 13.1 Å². The van der Waals surface area contributed by atoms with Gasteiger partial charge in [-0.25, -0.2) is 4.98 Å². The quantitative estimate of drug-likeness (QED) is 0.802. The predicted octanol–water partition coefficient (Wildman–Crippen LogP) is 3.94. The lowest BCUT2D eigenvalue weighted by Gasteiger charge is -2.36. The van der Waals surface area contributed by atoms with E-state index in [1.165, 1.54) is 50.7 Å². The van der Waals surface area contributed by atoms with Crippen molar-refractivity contribution in [1.82, 2.24) is 19.9 Å². The molecule has 2 aromatic rings. The molecule has 0 amide bonds. The summed E-state index contributed by atoms with van der Waals surface area (Å²) in [7, 11) is 0. The van der Waals surface area contributed by atoms with Gasteiger partial charge in [-0.3, -0.25) is 0 Å². The molecule has 0 unspecified atom stereocenters. The first-order chi connectivity index (χ1) is 13.4. The zero-order valence-electron chi connectivity index (χ0n) is 15.5. The fourth-order valence-electron chi connectivity index (χ4n) is 3.57. The molecule has 2 fully saturated rings. The van der Waals surface area contributed by atoms with Crippen LogP contribution in [-0.4, -0.2) is 33.0 Å². The smallest absolute Gasteiger partial charge is 0.368 e. The maximum atomic E-state index is 13.0. The Morgan fingerprint density at radius 2 is 1.57 bits per heavy atom. The Balaban J connectivity index is 1.64. The van der Waals surface area contributed by atoms with Crippen molar-refractivity contribution in [2.75, 3.05) is 23.7 Å². The second-order valence-electron chi connectivity index (χ2n) is 7.72. The second-order valence-corrected chi connectivity index (χ2v) is 7.72.